The predicted molar refractivity (Wildman–Crippen MR) is 52.1 cm³/mol. The van der Waals surface area contributed by atoms with Crippen LogP contribution in [0.2, 0.25) is 0 Å². The Balaban J connectivity index is 2.33. The van der Waals surface area contributed by atoms with E-state index in [-0.39, 0.29) is 5.60 Å². The van der Waals surface area contributed by atoms with Gasteiger partial charge in [-0.15, -0.1) is 0 Å². The number of halogens is 1. The number of hydrogen-bond acceptors (Lipinski definition) is 1. The lowest BCUT2D eigenvalue weighted by atomic mass is 9.89. The van der Waals surface area contributed by atoms with Crippen molar-refractivity contribution in [2.75, 3.05) is 6.61 Å². The number of ether oxygens (including phenoxy) is 1. The Kier molecular flexibility index (Phi) is 1.97. The Morgan fingerprint density at radius 2 is 2.25 bits per heavy atom. The van der Waals surface area contributed by atoms with Crippen LogP contribution in [-0.2, 0) is 10.3 Å². The van der Waals surface area contributed by atoms with Crippen molar-refractivity contribution in [2.45, 2.75) is 18.9 Å². The van der Waals surface area contributed by atoms with E-state index in [0.717, 1.165) is 17.5 Å². The van der Waals surface area contributed by atoms with Gasteiger partial charge < -0.3 is 4.74 Å². The summed E-state index contributed by atoms with van der Waals surface area (Å²) in [6.07, 6.45) is 1.13. The third-order valence-corrected chi connectivity index (χ3v) is 2.93. The third kappa shape index (κ3) is 1.29. The SMILES string of the molecule is C[C@]1(c2cccc(Br)c2)CCO1. The van der Waals surface area contributed by atoms with Crippen molar-refractivity contribution in [2.24, 2.45) is 0 Å². The molecule has 12 heavy (non-hydrogen) atoms. The molecule has 1 nitrogen and oxygen atoms in total. The average Bonchev–Trinajstić information content (AvgIpc) is 2.00. The average molecular weight is 227 g/mol. The summed E-state index contributed by atoms with van der Waals surface area (Å²) in [6.45, 7) is 3.03. The zero-order chi connectivity index (χ0) is 8.60. The fourth-order valence-electron chi connectivity index (χ4n) is 1.45. The molecule has 2 rings (SSSR count). The van der Waals surface area contributed by atoms with Crippen LogP contribution in [0.5, 0.6) is 0 Å². The van der Waals surface area contributed by atoms with E-state index in [1.54, 1.807) is 0 Å². The molecule has 2 heteroatoms. The second-order valence-electron chi connectivity index (χ2n) is 3.34. The normalized spacial score (nSPS) is 28.2. The molecule has 0 aromatic heterocycles. The maximum atomic E-state index is 5.54. The molecule has 1 saturated heterocycles. The van der Waals surface area contributed by atoms with Crippen LogP contribution >= 0.6 is 15.9 Å². The second-order valence-corrected chi connectivity index (χ2v) is 4.26. The van der Waals surface area contributed by atoms with Crippen molar-refractivity contribution in [1.82, 2.24) is 0 Å². The maximum absolute atomic E-state index is 5.54. The van der Waals surface area contributed by atoms with Crippen molar-refractivity contribution in [1.29, 1.82) is 0 Å². The summed E-state index contributed by atoms with van der Waals surface area (Å²) in [5, 5.41) is 0. The largest absolute Gasteiger partial charge is 0.370 e. The van der Waals surface area contributed by atoms with E-state index in [0.29, 0.717) is 0 Å². The molecule has 1 aliphatic heterocycles. The van der Waals surface area contributed by atoms with Gasteiger partial charge >= 0.3 is 0 Å². The summed E-state index contributed by atoms with van der Waals surface area (Å²) in [4.78, 5) is 0. The van der Waals surface area contributed by atoms with Gasteiger partial charge in [-0.1, -0.05) is 28.1 Å². The summed E-state index contributed by atoms with van der Waals surface area (Å²) in [6, 6.07) is 8.32. The highest BCUT2D eigenvalue weighted by molar-refractivity contribution is 9.10. The molecule has 0 N–H and O–H groups in total. The first-order valence-electron chi connectivity index (χ1n) is 4.11. The van der Waals surface area contributed by atoms with Crippen molar-refractivity contribution in [3.05, 3.63) is 34.3 Å². The molecule has 64 valence electrons. The van der Waals surface area contributed by atoms with Gasteiger partial charge in [0.1, 0.15) is 0 Å². The lowest BCUT2D eigenvalue weighted by Gasteiger charge is -2.39. The highest BCUT2D eigenvalue weighted by Gasteiger charge is 2.34. The minimum atomic E-state index is -0.0240. The molecule has 1 fully saturated rings. The van der Waals surface area contributed by atoms with Crippen LogP contribution < -0.4 is 0 Å². The lowest BCUT2D eigenvalue weighted by molar-refractivity contribution is -0.140. The molecule has 1 heterocycles. The summed E-state index contributed by atoms with van der Waals surface area (Å²) < 4.78 is 6.66. The third-order valence-electron chi connectivity index (χ3n) is 2.44. The predicted octanol–water partition coefficient (Wildman–Crippen LogP) is 3.08. The van der Waals surface area contributed by atoms with Gasteiger partial charge in [-0.05, 0) is 24.6 Å². The van der Waals surface area contributed by atoms with E-state index in [4.69, 9.17) is 4.74 Å². The van der Waals surface area contributed by atoms with Gasteiger partial charge in [-0.25, -0.2) is 0 Å². The Morgan fingerprint density at radius 3 is 2.75 bits per heavy atom. The Bertz CT molecular complexity index is 292. The van der Waals surface area contributed by atoms with Gasteiger partial charge in [0.2, 0.25) is 0 Å². The molecule has 0 aliphatic carbocycles. The van der Waals surface area contributed by atoms with Gasteiger partial charge in [0.25, 0.3) is 0 Å². The second kappa shape index (κ2) is 2.86. The molecule has 0 amide bonds. The van der Waals surface area contributed by atoms with E-state index < -0.39 is 0 Å². The topological polar surface area (TPSA) is 9.23 Å². The van der Waals surface area contributed by atoms with E-state index in [1.165, 1.54) is 5.56 Å². The lowest BCUT2D eigenvalue weighted by Crippen LogP contribution is -2.37. The molecule has 1 aromatic rings. The molecular weight excluding hydrogens is 216 g/mol. The molecular formula is C10H11BrO. The van der Waals surface area contributed by atoms with Crippen molar-refractivity contribution < 1.29 is 4.74 Å². The quantitative estimate of drug-likeness (QED) is 0.716. The molecule has 0 saturated carbocycles. The van der Waals surface area contributed by atoms with E-state index in [9.17, 15) is 0 Å². The molecule has 1 aliphatic rings. The van der Waals surface area contributed by atoms with Gasteiger partial charge in [-0.2, -0.15) is 0 Å². The Labute approximate surface area is 80.9 Å². The van der Waals surface area contributed by atoms with Gasteiger partial charge in [0.15, 0.2) is 0 Å². The summed E-state index contributed by atoms with van der Waals surface area (Å²) >= 11 is 3.45. The van der Waals surface area contributed by atoms with Crippen LogP contribution in [0.15, 0.2) is 28.7 Å². The number of benzene rings is 1. The molecule has 0 bridgehead atoms. The fourth-order valence-corrected chi connectivity index (χ4v) is 1.85. The van der Waals surface area contributed by atoms with Gasteiger partial charge in [-0.3, -0.25) is 0 Å². The monoisotopic (exact) mass is 226 g/mol. The fraction of sp³-hybridized carbons (Fsp3) is 0.400. The standard InChI is InChI=1S/C10H11BrO/c1-10(5-6-12-10)8-3-2-4-9(11)7-8/h2-4,7H,5-6H2,1H3/t10-/m1/s1. The van der Waals surface area contributed by atoms with Crippen LogP contribution in [-0.4, -0.2) is 6.61 Å². The summed E-state index contributed by atoms with van der Waals surface area (Å²) in [7, 11) is 0. The van der Waals surface area contributed by atoms with Crippen molar-refractivity contribution in [3.8, 4) is 0 Å². The van der Waals surface area contributed by atoms with E-state index in [1.807, 2.05) is 12.1 Å². The highest BCUT2D eigenvalue weighted by Crippen LogP contribution is 2.37. The Hall–Kier alpha value is -0.340. The van der Waals surface area contributed by atoms with Crippen LogP contribution in [0.3, 0.4) is 0 Å². The Morgan fingerprint density at radius 1 is 1.50 bits per heavy atom. The molecule has 0 radical (unpaired) electrons. The number of rotatable bonds is 1. The van der Waals surface area contributed by atoms with Crippen LogP contribution in [0, 0.1) is 0 Å². The van der Waals surface area contributed by atoms with Crippen molar-refractivity contribution >= 4 is 15.9 Å². The minimum absolute atomic E-state index is 0.0240. The summed E-state index contributed by atoms with van der Waals surface area (Å²) in [5.74, 6) is 0. The minimum Gasteiger partial charge on any atom is -0.370 e. The zero-order valence-electron chi connectivity index (χ0n) is 7.01. The molecule has 0 unspecified atom stereocenters. The molecule has 1 aromatic carbocycles. The molecule has 1 atom stereocenters. The van der Waals surface area contributed by atoms with E-state index >= 15 is 0 Å². The first-order chi connectivity index (χ1) is 5.71. The van der Waals surface area contributed by atoms with Crippen LogP contribution in [0.4, 0.5) is 0 Å². The van der Waals surface area contributed by atoms with Gasteiger partial charge in [0.05, 0.1) is 12.2 Å². The maximum Gasteiger partial charge on any atom is 0.0925 e. The summed E-state index contributed by atoms with van der Waals surface area (Å²) in [5.41, 5.74) is 1.24. The van der Waals surface area contributed by atoms with E-state index in [2.05, 4.69) is 35.0 Å². The first kappa shape index (κ1) is 8.27. The first-order valence-corrected chi connectivity index (χ1v) is 4.90. The zero-order valence-corrected chi connectivity index (χ0v) is 8.60. The van der Waals surface area contributed by atoms with Gasteiger partial charge in [0, 0.05) is 10.9 Å². The highest BCUT2D eigenvalue weighted by atomic mass is 79.9. The number of hydrogen-bond donors (Lipinski definition) is 0. The molecule has 0 spiro atoms. The van der Waals surface area contributed by atoms with Crippen LogP contribution in [0.25, 0.3) is 0 Å². The smallest absolute Gasteiger partial charge is 0.0925 e. The van der Waals surface area contributed by atoms with Crippen molar-refractivity contribution in [3.63, 3.8) is 0 Å². The van der Waals surface area contributed by atoms with Crippen LogP contribution in [0.1, 0.15) is 18.9 Å².